The summed E-state index contributed by atoms with van der Waals surface area (Å²) in [6.45, 7) is 1.39. The molecule has 7 heteroatoms. The van der Waals surface area contributed by atoms with E-state index >= 15 is 0 Å². The van der Waals surface area contributed by atoms with Crippen molar-refractivity contribution in [3.05, 3.63) is 46.6 Å². The topological polar surface area (TPSA) is 72.2 Å². The Morgan fingerprint density at radius 3 is 2.41 bits per heavy atom. The summed E-state index contributed by atoms with van der Waals surface area (Å²) in [7, 11) is 1.69. The van der Waals surface area contributed by atoms with Crippen molar-refractivity contribution in [2.24, 2.45) is 7.05 Å². The fourth-order valence-electron chi connectivity index (χ4n) is 4.24. The highest BCUT2D eigenvalue weighted by Crippen LogP contribution is 2.28. The Morgan fingerprint density at radius 1 is 1.07 bits per heavy atom. The van der Waals surface area contributed by atoms with Crippen molar-refractivity contribution in [3.8, 4) is 5.69 Å². The quantitative estimate of drug-likeness (QED) is 0.903. The van der Waals surface area contributed by atoms with Crippen molar-refractivity contribution in [3.63, 3.8) is 0 Å². The van der Waals surface area contributed by atoms with E-state index in [1.165, 1.54) is 17.5 Å². The van der Waals surface area contributed by atoms with Gasteiger partial charge < -0.3 is 10.2 Å². The molecule has 1 saturated heterocycles. The van der Waals surface area contributed by atoms with E-state index in [9.17, 15) is 9.59 Å². The number of aryl methyl sites for hydroxylation is 1. The molecule has 1 aromatic carbocycles. The lowest BCUT2D eigenvalue weighted by molar-refractivity contribution is 0.176. The molecule has 1 aromatic heterocycles. The number of nitrogens with one attached hydrogen (secondary N) is 1. The minimum atomic E-state index is -0.127. The lowest BCUT2D eigenvalue weighted by atomic mass is 9.96. The molecule has 1 aliphatic heterocycles. The summed E-state index contributed by atoms with van der Waals surface area (Å²) in [5.41, 5.74) is 0.713. The van der Waals surface area contributed by atoms with Crippen LogP contribution < -0.4 is 11.0 Å². The number of urea groups is 1. The first-order chi connectivity index (χ1) is 13.1. The van der Waals surface area contributed by atoms with E-state index in [1.54, 1.807) is 11.6 Å². The second-order valence-corrected chi connectivity index (χ2v) is 7.63. The number of carbonyl (C=O) groups is 1. The van der Waals surface area contributed by atoms with Gasteiger partial charge in [-0.15, -0.1) is 0 Å². The molecule has 2 heterocycles. The van der Waals surface area contributed by atoms with Crippen LogP contribution in [0.5, 0.6) is 0 Å². The van der Waals surface area contributed by atoms with Gasteiger partial charge in [-0.2, -0.15) is 5.10 Å². The van der Waals surface area contributed by atoms with Crippen LogP contribution >= 0.6 is 0 Å². The maximum absolute atomic E-state index is 12.6. The lowest BCUT2D eigenvalue weighted by Crippen LogP contribution is -2.47. The molecule has 144 valence electrons. The molecule has 0 atom stereocenters. The average molecular weight is 369 g/mol. The van der Waals surface area contributed by atoms with Crippen LogP contribution in [0.1, 0.15) is 50.3 Å². The van der Waals surface area contributed by atoms with Crippen molar-refractivity contribution in [1.82, 2.24) is 24.6 Å². The second kappa shape index (κ2) is 7.58. The van der Waals surface area contributed by atoms with Gasteiger partial charge in [-0.1, -0.05) is 31.0 Å². The molecule has 2 aliphatic rings. The molecule has 7 nitrogen and oxygen atoms in total. The molecule has 1 N–H and O–H groups in total. The van der Waals surface area contributed by atoms with Crippen LogP contribution in [0.3, 0.4) is 0 Å². The zero-order chi connectivity index (χ0) is 18.8. The van der Waals surface area contributed by atoms with Crippen LogP contribution in [0.25, 0.3) is 5.69 Å². The highest BCUT2D eigenvalue weighted by molar-refractivity contribution is 5.74. The number of nitrogens with zero attached hydrogens (tertiary/aromatic N) is 4. The zero-order valence-electron chi connectivity index (χ0n) is 15.8. The average Bonchev–Trinajstić information content (AvgIpc) is 3.31. The number of aromatic nitrogens is 3. The molecule has 0 radical (unpaired) electrons. The SMILES string of the molecule is Cn1nc(C2CCN(C(=O)NC3CCCC3)CC2)n(-c2ccccc2)c1=O. The molecule has 0 bridgehead atoms. The highest BCUT2D eigenvalue weighted by Gasteiger charge is 2.29. The van der Waals surface area contributed by atoms with Crippen LogP contribution in [0.15, 0.2) is 35.1 Å². The third-order valence-electron chi connectivity index (χ3n) is 5.79. The predicted molar refractivity (Wildman–Crippen MR) is 103 cm³/mol. The third-order valence-corrected chi connectivity index (χ3v) is 5.79. The molecule has 2 amide bonds. The normalized spacial score (nSPS) is 18.8. The van der Waals surface area contributed by atoms with Gasteiger partial charge in [-0.3, -0.25) is 0 Å². The van der Waals surface area contributed by atoms with E-state index in [4.69, 9.17) is 0 Å². The maximum Gasteiger partial charge on any atom is 0.350 e. The molecule has 1 aliphatic carbocycles. The van der Waals surface area contributed by atoms with Crippen molar-refractivity contribution in [2.75, 3.05) is 13.1 Å². The number of amides is 2. The number of hydrogen-bond acceptors (Lipinski definition) is 3. The number of benzene rings is 1. The van der Waals surface area contributed by atoms with Gasteiger partial charge >= 0.3 is 11.7 Å². The first-order valence-electron chi connectivity index (χ1n) is 9.90. The Morgan fingerprint density at radius 2 is 1.74 bits per heavy atom. The fourth-order valence-corrected chi connectivity index (χ4v) is 4.24. The van der Waals surface area contributed by atoms with E-state index in [2.05, 4.69) is 10.4 Å². The Balaban J connectivity index is 1.46. The van der Waals surface area contributed by atoms with Gasteiger partial charge in [0, 0.05) is 32.1 Å². The Bertz CT molecular complexity index is 843. The Labute approximate surface area is 159 Å². The molecule has 2 fully saturated rings. The number of piperidine rings is 1. The largest absolute Gasteiger partial charge is 0.350 e. The standard InChI is InChI=1S/C20H27N5O2/c1-23-20(27)25(17-9-3-2-4-10-17)18(22-23)15-11-13-24(14-12-15)19(26)21-16-7-5-6-8-16/h2-4,9-10,15-16H,5-8,11-14H2,1H3,(H,21,26). The Kier molecular flexibility index (Phi) is 5.01. The summed E-state index contributed by atoms with van der Waals surface area (Å²) < 4.78 is 3.11. The van der Waals surface area contributed by atoms with Crippen molar-refractivity contribution in [1.29, 1.82) is 0 Å². The number of rotatable bonds is 3. The minimum Gasteiger partial charge on any atom is -0.335 e. The molecule has 1 saturated carbocycles. The van der Waals surface area contributed by atoms with Crippen molar-refractivity contribution in [2.45, 2.75) is 50.5 Å². The molecule has 2 aromatic rings. The van der Waals surface area contributed by atoms with Crippen LogP contribution in [-0.2, 0) is 7.05 Å². The lowest BCUT2D eigenvalue weighted by Gasteiger charge is -2.32. The summed E-state index contributed by atoms with van der Waals surface area (Å²) >= 11 is 0. The summed E-state index contributed by atoms with van der Waals surface area (Å²) in [5.74, 6) is 0.971. The van der Waals surface area contributed by atoms with E-state index in [1.807, 2.05) is 35.2 Å². The van der Waals surface area contributed by atoms with Gasteiger partial charge in [0.05, 0.1) is 5.69 Å². The first-order valence-corrected chi connectivity index (χ1v) is 9.90. The van der Waals surface area contributed by atoms with Gasteiger partial charge in [0.1, 0.15) is 5.82 Å². The van der Waals surface area contributed by atoms with Crippen LogP contribution in [0.4, 0.5) is 4.79 Å². The van der Waals surface area contributed by atoms with Crippen LogP contribution in [0, 0.1) is 0 Å². The fraction of sp³-hybridized carbons (Fsp3) is 0.550. The molecule has 0 spiro atoms. The second-order valence-electron chi connectivity index (χ2n) is 7.63. The number of carbonyl (C=O) groups excluding carboxylic acids is 1. The molecule has 0 unspecified atom stereocenters. The van der Waals surface area contributed by atoms with E-state index in [0.717, 1.165) is 37.2 Å². The van der Waals surface area contributed by atoms with Crippen LogP contribution in [0.2, 0.25) is 0 Å². The summed E-state index contributed by atoms with van der Waals surface area (Å²) in [5, 5.41) is 7.68. The van der Waals surface area contributed by atoms with E-state index in [0.29, 0.717) is 19.1 Å². The van der Waals surface area contributed by atoms with Gasteiger partial charge in [0.25, 0.3) is 0 Å². The molecule has 27 heavy (non-hydrogen) atoms. The monoisotopic (exact) mass is 369 g/mol. The molecular weight excluding hydrogens is 342 g/mol. The zero-order valence-corrected chi connectivity index (χ0v) is 15.8. The molecular formula is C20H27N5O2. The summed E-state index contributed by atoms with van der Waals surface area (Å²) in [6, 6.07) is 10.0. The van der Waals surface area contributed by atoms with E-state index < -0.39 is 0 Å². The minimum absolute atomic E-state index is 0.0572. The van der Waals surface area contributed by atoms with Crippen molar-refractivity contribution < 1.29 is 4.79 Å². The van der Waals surface area contributed by atoms with Crippen LogP contribution in [-0.4, -0.2) is 44.4 Å². The number of likely N-dealkylation sites (tertiary alicyclic amines) is 1. The third kappa shape index (κ3) is 3.63. The summed E-state index contributed by atoms with van der Waals surface area (Å²) in [4.78, 5) is 27.0. The van der Waals surface area contributed by atoms with Gasteiger partial charge in [-0.25, -0.2) is 18.8 Å². The predicted octanol–water partition coefficient (Wildman–Crippen LogP) is 2.40. The maximum atomic E-state index is 12.6. The van der Waals surface area contributed by atoms with Gasteiger partial charge in [-0.05, 0) is 37.8 Å². The molecule has 4 rings (SSSR count). The number of para-hydroxylation sites is 1. The van der Waals surface area contributed by atoms with Crippen molar-refractivity contribution >= 4 is 6.03 Å². The highest BCUT2D eigenvalue weighted by atomic mass is 16.2. The van der Waals surface area contributed by atoms with E-state index in [-0.39, 0.29) is 17.6 Å². The summed E-state index contributed by atoms with van der Waals surface area (Å²) in [6.07, 6.45) is 6.26. The van der Waals surface area contributed by atoms with Gasteiger partial charge in [0.2, 0.25) is 0 Å². The smallest absolute Gasteiger partial charge is 0.335 e. The number of hydrogen-bond donors (Lipinski definition) is 1. The first kappa shape index (κ1) is 17.8. The van der Waals surface area contributed by atoms with Gasteiger partial charge in [0.15, 0.2) is 0 Å². The Hall–Kier alpha value is -2.57.